The van der Waals surface area contributed by atoms with E-state index >= 15 is 0 Å². The van der Waals surface area contributed by atoms with E-state index in [1.165, 1.54) is 0 Å². The second kappa shape index (κ2) is 6.09. The standard InChI is InChI=1S/C18H25F3O5/c1-4-22-9-11-13-6-5-10(2)12-7-8-16(3)24-15(17(12,13)26-25-16)23-14(11)18(19,20)21/h10,12-13,15H,4-9H2,1-3H3/t10-,12+,13+,15-,16-,17-/m1/s1. The van der Waals surface area contributed by atoms with Gasteiger partial charge in [-0.2, -0.15) is 13.2 Å². The molecule has 4 fully saturated rings. The third kappa shape index (κ3) is 2.60. The topological polar surface area (TPSA) is 46.2 Å². The molecule has 0 aromatic rings. The monoisotopic (exact) mass is 378 g/mol. The van der Waals surface area contributed by atoms with Gasteiger partial charge >= 0.3 is 6.18 Å². The fourth-order valence-electron chi connectivity index (χ4n) is 5.12. The van der Waals surface area contributed by atoms with Crippen molar-refractivity contribution < 1.29 is 37.2 Å². The normalized spacial score (nSPS) is 45.2. The van der Waals surface area contributed by atoms with Gasteiger partial charge in [-0.3, -0.25) is 0 Å². The number of ether oxygens (including phenoxy) is 3. The summed E-state index contributed by atoms with van der Waals surface area (Å²) in [5.41, 5.74) is -0.945. The van der Waals surface area contributed by atoms with E-state index in [1.807, 2.05) is 0 Å². The molecule has 4 heterocycles. The summed E-state index contributed by atoms with van der Waals surface area (Å²) in [6.45, 7) is 5.75. The molecule has 5 aliphatic rings. The van der Waals surface area contributed by atoms with Crippen LogP contribution in [0.25, 0.3) is 0 Å². The van der Waals surface area contributed by atoms with Gasteiger partial charge in [0.2, 0.25) is 17.8 Å². The number of fused-ring (bicyclic) bond motifs is 2. The summed E-state index contributed by atoms with van der Waals surface area (Å²) >= 11 is 0. The molecule has 1 spiro atoms. The Morgan fingerprint density at radius 3 is 2.65 bits per heavy atom. The van der Waals surface area contributed by atoms with Gasteiger partial charge in [-0.25, -0.2) is 9.78 Å². The molecule has 0 N–H and O–H groups in total. The average Bonchev–Trinajstić information content (AvgIpc) is 2.80. The number of allylic oxidation sites excluding steroid dienone is 1. The van der Waals surface area contributed by atoms with Crippen molar-refractivity contribution in [2.75, 3.05) is 13.2 Å². The van der Waals surface area contributed by atoms with E-state index in [2.05, 4.69) is 6.92 Å². The van der Waals surface area contributed by atoms with Crippen LogP contribution in [0, 0.1) is 17.8 Å². The second-order valence-corrected chi connectivity index (χ2v) is 7.96. The molecule has 0 aromatic heterocycles. The van der Waals surface area contributed by atoms with E-state index in [9.17, 15) is 13.2 Å². The van der Waals surface area contributed by atoms with Crippen molar-refractivity contribution >= 4 is 0 Å². The highest BCUT2D eigenvalue weighted by atomic mass is 19.4. The predicted molar refractivity (Wildman–Crippen MR) is 83.5 cm³/mol. The first-order valence-electron chi connectivity index (χ1n) is 9.30. The van der Waals surface area contributed by atoms with Crippen LogP contribution in [0.3, 0.4) is 0 Å². The van der Waals surface area contributed by atoms with Crippen molar-refractivity contribution in [2.45, 2.75) is 70.3 Å². The van der Waals surface area contributed by atoms with Crippen molar-refractivity contribution in [3.8, 4) is 0 Å². The lowest BCUT2D eigenvalue weighted by Gasteiger charge is -2.57. The Kier molecular flexibility index (Phi) is 4.34. The molecule has 5 nitrogen and oxygen atoms in total. The minimum atomic E-state index is -4.61. The summed E-state index contributed by atoms with van der Waals surface area (Å²) in [6, 6.07) is 0. The summed E-state index contributed by atoms with van der Waals surface area (Å²) in [6.07, 6.45) is -3.05. The molecule has 3 saturated heterocycles. The van der Waals surface area contributed by atoms with E-state index in [0.29, 0.717) is 19.4 Å². The van der Waals surface area contributed by atoms with Gasteiger partial charge in [0.05, 0.1) is 6.61 Å². The van der Waals surface area contributed by atoms with Gasteiger partial charge in [0.15, 0.2) is 5.60 Å². The maximum absolute atomic E-state index is 13.7. The zero-order chi connectivity index (χ0) is 18.7. The lowest BCUT2D eigenvalue weighted by atomic mass is 9.59. The molecule has 0 radical (unpaired) electrons. The first-order chi connectivity index (χ1) is 12.2. The number of hydrogen-bond donors (Lipinski definition) is 0. The minimum absolute atomic E-state index is 0.00184. The maximum Gasteiger partial charge on any atom is 0.449 e. The zero-order valence-corrected chi connectivity index (χ0v) is 15.2. The maximum atomic E-state index is 13.7. The fourth-order valence-corrected chi connectivity index (χ4v) is 5.12. The molecule has 1 aliphatic carbocycles. The van der Waals surface area contributed by atoms with Crippen LogP contribution in [0.15, 0.2) is 11.3 Å². The van der Waals surface area contributed by atoms with Gasteiger partial charge in [0.25, 0.3) is 0 Å². The van der Waals surface area contributed by atoms with Crippen LogP contribution in [0.5, 0.6) is 0 Å². The largest absolute Gasteiger partial charge is 0.456 e. The summed E-state index contributed by atoms with van der Waals surface area (Å²) < 4.78 is 58.0. The average molecular weight is 378 g/mol. The smallest absolute Gasteiger partial charge is 0.449 e. The molecular formula is C18H25F3O5. The van der Waals surface area contributed by atoms with E-state index < -0.39 is 35.5 Å². The van der Waals surface area contributed by atoms with Crippen molar-refractivity contribution in [1.82, 2.24) is 0 Å². The number of hydrogen-bond acceptors (Lipinski definition) is 5. The Morgan fingerprint density at radius 2 is 1.96 bits per heavy atom. The van der Waals surface area contributed by atoms with E-state index in [0.717, 1.165) is 12.8 Å². The van der Waals surface area contributed by atoms with Gasteiger partial charge in [-0.05, 0) is 39.0 Å². The van der Waals surface area contributed by atoms with Gasteiger partial charge in [-0.15, -0.1) is 0 Å². The number of halogens is 3. The van der Waals surface area contributed by atoms with Crippen LogP contribution in [0.2, 0.25) is 0 Å². The van der Waals surface area contributed by atoms with Crippen LogP contribution in [-0.2, 0) is 24.0 Å². The molecule has 6 atom stereocenters. The highest BCUT2D eigenvalue weighted by molar-refractivity contribution is 5.28. The van der Waals surface area contributed by atoms with Crippen LogP contribution in [-0.4, -0.2) is 37.1 Å². The van der Waals surface area contributed by atoms with Gasteiger partial charge in [-0.1, -0.05) is 6.92 Å². The number of rotatable bonds is 3. The summed E-state index contributed by atoms with van der Waals surface area (Å²) in [5, 5.41) is 0. The van der Waals surface area contributed by atoms with Crippen molar-refractivity contribution in [3.63, 3.8) is 0 Å². The second-order valence-electron chi connectivity index (χ2n) is 7.96. The van der Waals surface area contributed by atoms with E-state index in [4.69, 9.17) is 24.0 Å². The Morgan fingerprint density at radius 1 is 1.19 bits per heavy atom. The molecular weight excluding hydrogens is 353 g/mol. The summed E-state index contributed by atoms with van der Waals surface area (Å²) in [5.74, 6) is -2.30. The molecule has 1 saturated carbocycles. The Labute approximate surface area is 150 Å². The molecule has 148 valence electrons. The lowest BCUT2D eigenvalue weighted by Crippen LogP contribution is -2.67. The Bertz CT molecular complexity index is 606. The van der Waals surface area contributed by atoms with Crippen molar-refractivity contribution in [1.29, 1.82) is 0 Å². The van der Waals surface area contributed by atoms with Crippen LogP contribution in [0.4, 0.5) is 13.2 Å². The van der Waals surface area contributed by atoms with Crippen molar-refractivity contribution in [3.05, 3.63) is 11.3 Å². The zero-order valence-electron chi connectivity index (χ0n) is 15.2. The summed E-state index contributed by atoms with van der Waals surface area (Å²) in [4.78, 5) is 11.5. The molecule has 4 aliphatic heterocycles. The first kappa shape index (κ1) is 18.5. The first-order valence-corrected chi connectivity index (χ1v) is 9.30. The molecule has 0 unspecified atom stereocenters. The van der Waals surface area contributed by atoms with Crippen LogP contribution < -0.4 is 0 Å². The fraction of sp³-hybridized carbons (Fsp3) is 0.889. The van der Waals surface area contributed by atoms with E-state index in [1.54, 1.807) is 13.8 Å². The highest BCUT2D eigenvalue weighted by Crippen LogP contribution is 2.61. The lowest BCUT2D eigenvalue weighted by molar-refractivity contribution is -0.557. The molecule has 2 bridgehead atoms. The highest BCUT2D eigenvalue weighted by Gasteiger charge is 2.70. The third-order valence-electron chi connectivity index (χ3n) is 6.37. The predicted octanol–water partition coefficient (Wildman–Crippen LogP) is 4.09. The third-order valence-corrected chi connectivity index (χ3v) is 6.37. The molecule has 0 aromatic carbocycles. The molecule has 8 heteroatoms. The quantitative estimate of drug-likeness (QED) is 0.693. The Balaban J connectivity index is 1.85. The van der Waals surface area contributed by atoms with Crippen LogP contribution in [0.1, 0.15) is 46.5 Å². The van der Waals surface area contributed by atoms with E-state index in [-0.39, 0.29) is 24.0 Å². The number of alkyl halides is 3. The minimum Gasteiger partial charge on any atom is -0.456 e. The molecule has 0 amide bonds. The van der Waals surface area contributed by atoms with Gasteiger partial charge in [0, 0.05) is 30.4 Å². The Hall–Kier alpha value is -0.830. The molecule has 26 heavy (non-hydrogen) atoms. The van der Waals surface area contributed by atoms with Crippen molar-refractivity contribution in [2.24, 2.45) is 17.8 Å². The van der Waals surface area contributed by atoms with Gasteiger partial charge < -0.3 is 14.2 Å². The SMILES string of the molecule is CCOCC1=C(C(F)(F)F)O[C@@H]2O[C@@]3(C)CC[C@H]4[C@H](C)CC[C@@H]1[C@@]24OO3. The van der Waals surface area contributed by atoms with Crippen LogP contribution >= 0.6 is 0 Å². The van der Waals surface area contributed by atoms with Gasteiger partial charge in [0.1, 0.15) is 0 Å². The summed E-state index contributed by atoms with van der Waals surface area (Å²) in [7, 11) is 0. The molecule has 5 rings (SSSR count).